The summed E-state index contributed by atoms with van der Waals surface area (Å²) in [6, 6.07) is 15.1. The number of rotatable bonds is 5. The Bertz CT molecular complexity index is 1050. The lowest BCUT2D eigenvalue weighted by molar-refractivity contribution is 0.102. The van der Waals surface area contributed by atoms with Gasteiger partial charge in [-0.1, -0.05) is 29.8 Å². The third-order valence-electron chi connectivity index (χ3n) is 3.42. The average Bonchev–Trinajstić information content (AvgIpc) is 3.06. The fraction of sp³-hybridized carbons (Fsp3) is 0.0588. The molecule has 0 spiro atoms. The van der Waals surface area contributed by atoms with Gasteiger partial charge in [0.2, 0.25) is 10.0 Å². The smallest absolute Gasteiger partial charge is 0.273 e. The summed E-state index contributed by atoms with van der Waals surface area (Å²) in [5.74, 6) is -0.375. The fourth-order valence-corrected chi connectivity index (χ4v) is 3.08. The monoisotopic (exact) mass is 390 g/mol. The van der Waals surface area contributed by atoms with Gasteiger partial charge in [0.25, 0.3) is 5.91 Å². The molecule has 0 aliphatic heterocycles. The number of nitrogens with zero attached hydrogens (tertiary/aromatic N) is 1. The van der Waals surface area contributed by atoms with Gasteiger partial charge >= 0.3 is 0 Å². The molecule has 0 atom stereocenters. The van der Waals surface area contributed by atoms with Crippen LogP contribution in [-0.2, 0) is 10.0 Å². The zero-order chi connectivity index (χ0) is 18.7. The summed E-state index contributed by atoms with van der Waals surface area (Å²) in [4.78, 5) is 12.3. The second-order valence-electron chi connectivity index (χ2n) is 5.55. The van der Waals surface area contributed by atoms with Crippen molar-refractivity contribution in [1.82, 2.24) is 10.2 Å². The molecule has 2 aromatic carbocycles. The Morgan fingerprint density at radius 1 is 1.08 bits per heavy atom. The van der Waals surface area contributed by atoms with Gasteiger partial charge in [-0.3, -0.25) is 14.6 Å². The van der Waals surface area contributed by atoms with Gasteiger partial charge in [0.1, 0.15) is 5.69 Å². The van der Waals surface area contributed by atoms with Crippen molar-refractivity contribution < 1.29 is 13.2 Å². The Morgan fingerprint density at radius 3 is 2.38 bits per heavy atom. The standard InChI is InChI=1S/C17H15ClN4O3S/c1-26(24,25)22-12-8-6-11(7-9-12)19-17(23)16-10-15(20-21-16)13-4-2-3-5-14(13)18/h2-10,22H,1H3,(H,19,23)(H,20,21). The van der Waals surface area contributed by atoms with Gasteiger partial charge in [0.05, 0.1) is 17.0 Å². The molecule has 9 heteroatoms. The molecule has 0 bridgehead atoms. The number of sulfonamides is 1. The van der Waals surface area contributed by atoms with E-state index < -0.39 is 10.0 Å². The summed E-state index contributed by atoms with van der Waals surface area (Å²) in [6.45, 7) is 0. The van der Waals surface area contributed by atoms with Crippen LogP contribution in [0.1, 0.15) is 10.5 Å². The van der Waals surface area contributed by atoms with E-state index in [0.717, 1.165) is 11.8 Å². The molecule has 26 heavy (non-hydrogen) atoms. The Kier molecular flexibility index (Phi) is 4.97. The molecule has 1 heterocycles. The topological polar surface area (TPSA) is 104 Å². The van der Waals surface area contributed by atoms with Crippen molar-refractivity contribution in [3.8, 4) is 11.3 Å². The van der Waals surface area contributed by atoms with Crippen LogP contribution in [0.3, 0.4) is 0 Å². The number of benzene rings is 2. The molecule has 1 aromatic heterocycles. The summed E-state index contributed by atoms with van der Waals surface area (Å²) in [6.07, 6.45) is 1.07. The Balaban J connectivity index is 1.72. The van der Waals surface area contributed by atoms with Gasteiger partial charge in [-0.25, -0.2) is 8.42 Å². The Labute approximate surface area is 155 Å². The van der Waals surface area contributed by atoms with Gasteiger partial charge in [-0.05, 0) is 36.4 Å². The summed E-state index contributed by atoms with van der Waals surface area (Å²) < 4.78 is 24.7. The van der Waals surface area contributed by atoms with E-state index in [1.807, 2.05) is 18.2 Å². The largest absolute Gasteiger partial charge is 0.321 e. The molecule has 0 unspecified atom stereocenters. The maximum absolute atomic E-state index is 12.3. The van der Waals surface area contributed by atoms with Gasteiger partial charge < -0.3 is 5.32 Å². The number of carbonyl (C=O) groups is 1. The highest BCUT2D eigenvalue weighted by Crippen LogP contribution is 2.26. The number of amides is 1. The second-order valence-corrected chi connectivity index (χ2v) is 7.71. The van der Waals surface area contributed by atoms with Crippen molar-refractivity contribution in [2.24, 2.45) is 0 Å². The number of carbonyl (C=O) groups excluding carboxylic acids is 1. The molecule has 0 saturated heterocycles. The van der Waals surface area contributed by atoms with Crippen LogP contribution >= 0.6 is 11.6 Å². The first-order chi connectivity index (χ1) is 12.3. The number of hydrogen-bond donors (Lipinski definition) is 3. The predicted octanol–water partition coefficient (Wildman–Crippen LogP) is 3.35. The summed E-state index contributed by atoms with van der Waals surface area (Å²) in [5, 5.41) is 10.0. The third-order valence-corrected chi connectivity index (χ3v) is 4.35. The van der Waals surface area contributed by atoms with Crippen molar-refractivity contribution in [3.63, 3.8) is 0 Å². The van der Waals surface area contributed by atoms with E-state index in [1.165, 1.54) is 0 Å². The Hall–Kier alpha value is -2.84. The number of hydrogen-bond acceptors (Lipinski definition) is 4. The number of H-pyrrole nitrogens is 1. The lowest BCUT2D eigenvalue weighted by Crippen LogP contribution is -2.13. The molecular weight excluding hydrogens is 376 g/mol. The second kappa shape index (κ2) is 7.19. The Morgan fingerprint density at radius 2 is 1.73 bits per heavy atom. The molecule has 0 radical (unpaired) electrons. The molecule has 0 aliphatic rings. The summed E-state index contributed by atoms with van der Waals surface area (Å²) in [7, 11) is -3.34. The van der Waals surface area contributed by atoms with E-state index in [1.54, 1.807) is 36.4 Å². The molecule has 0 fully saturated rings. The van der Waals surface area contributed by atoms with Crippen molar-refractivity contribution in [1.29, 1.82) is 0 Å². The van der Waals surface area contributed by atoms with Gasteiger partial charge in [0, 0.05) is 16.9 Å². The van der Waals surface area contributed by atoms with Crippen LogP contribution in [0, 0.1) is 0 Å². The van der Waals surface area contributed by atoms with E-state index in [2.05, 4.69) is 20.2 Å². The fourth-order valence-electron chi connectivity index (χ4n) is 2.28. The highest BCUT2D eigenvalue weighted by atomic mass is 35.5. The first kappa shape index (κ1) is 18.0. The molecular formula is C17H15ClN4O3S. The van der Waals surface area contributed by atoms with E-state index in [0.29, 0.717) is 22.1 Å². The van der Waals surface area contributed by atoms with Crippen molar-refractivity contribution in [3.05, 3.63) is 65.3 Å². The number of halogens is 1. The zero-order valence-electron chi connectivity index (χ0n) is 13.7. The number of nitrogens with one attached hydrogen (secondary N) is 3. The quantitative estimate of drug-likeness (QED) is 0.621. The lowest BCUT2D eigenvalue weighted by atomic mass is 10.1. The normalized spacial score (nSPS) is 11.2. The molecule has 134 valence electrons. The SMILES string of the molecule is CS(=O)(=O)Nc1ccc(NC(=O)c2cc(-c3ccccc3Cl)n[nH]2)cc1. The number of aromatic nitrogens is 2. The van der Waals surface area contributed by atoms with Crippen molar-refractivity contribution in [2.75, 3.05) is 16.3 Å². The lowest BCUT2D eigenvalue weighted by Gasteiger charge is -2.06. The number of anilines is 2. The van der Waals surface area contributed by atoms with Crippen LogP contribution in [0.5, 0.6) is 0 Å². The van der Waals surface area contributed by atoms with Gasteiger partial charge in [-0.2, -0.15) is 5.10 Å². The van der Waals surface area contributed by atoms with Crippen LogP contribution in [-0.4, -0.2) is 30.8 Å². The van der Waals surface area contributed by atoms with Crippen molar-refractivity contribution in [2.45, 2.75) is 0 Å². The average molecular weight is 391 g/mol. The van der Waals surface area contributed by atoms with Gasteiger partial charge in [-0.15, -0.1) is 0 Å². The van der Waals surface area contributed by atoms with E-state index in [-0.39, 0.29) is 11.6 Å². The molecule has 0 aliphatic carbocycles. The first-order valence-corrected chi connectivity index (χ1v) is 9.78. The maximum Gasteiger partial charge on any atom is 0.273 e. The van der Waals surface area contributed by atoms with Crippen LogP contribution < -0.4 is 10.0 Å². The third kappa shape index (κ3) is 4.41. The van der Waals surface area contributed by atoms with Crippen LogP contribution in [0.2, 0.25) is 5.02 Å². The summed E-state index contributed by atoms with van der Waals surface area (Å²) in [5.41, 5.74) is 2.49. The maximum atomic E-state index is 12.3. The van der Waals surface area contributed by atoms with Crippen LogP contribution in [0.25, 0.3) is 11.3 Å². The minimum absolute atomic E-state index is 0.276. The first-order valence-electron chi connectivity index (χ1n) is 7.51. The van der Waals surface area contributed by atoms with Crippen LogP contribution in [0.15, 0.2) is 54.6 Å². The van der Waals surface area contributed by atoms with E-state index >= 15 is 0 Å². The van der Waals surface area contributed by atoms with Crippen molar-refractivity contribution >= 4 is 38.9 Å². The van der Waals surface area contributed by atoms with Crippen LogP contribution in [0.4, 0.5) is 11.4 Å². The molecule has 3 rings (SSSR count). The van der Waals surface area contributed by atoms with E-state index in [4.69, 9.17) is 11.6 Å². The zero-order valence-corrected chi connectivity index (χ0v) is 15.2. The predicted molar refractivity (Wildman–Crippen MR) is 102 cm³/mol. The highest BCUT2D eigenvalue weighted by Gasteiger charge is 2.13. The van der Waals surface area contributed by atoms with E-state index in [9.17, 15) is 13.2 Å². The van der Waals surface area contributed by atoms with Gasteiger partial charge in [0.15, 0.2) is 0 Å². The summed E-state index contributed by atoms with van der Waals surface area (Å²) >= 11 is 6.13. The molecule has 3 N–H and O–H groups in total. The number of aromatic amines is 1. The minimum Gasteiger partial charge on any atom is -0.321 e. The molecule has 7 nitrogen and oxygen atoms in total. The minimum atomic E-state index is -3.34. The highest BCUT2D eigenvalue weighted by molar-refractivity contribution is 7.92. The molecule has 0 saturated carbocycles. The molecule has 1 amide bonds. The molecule has 3 aromatic rings.